The summed E-state index contributed by atoms with van der Waals surface area (Å²) in [5.41, 5.74) is 5.76. The van der Waals surface area contributed by atoms with Gasteiger partial charge in [0.25, 0.3) is 0 Å². The lowest BCUT2D eigenvalue weighted by molar-refractivity contribution is 0.260. The van der Waals surface area contributed by atoms with E-state index in [9.17, 15) is 8.42 Å². The summed E-state index contributed by atoms with van der Waals surface area (Å²) >= 11 is 1.60. The summed E-state index contributed by atoms with van der Waals surface area (Å²) in [5.74, 6) is 1.01. The molecular formula is C23H19N3O3S2. The number of thiazole rings is 1. The second kappa shape index (κ2) is 6.77. The summed E-state index contributed by atoms with van der Waals surface area (Å²) in [5, 5.41) is 4.15. The molecule has 6 rings (SSSR count). The van der Waals surface area contributed by atoms with Crippen LogP contribution in [0.2, 0.25) is 0 Å². The molecule has 156 valence electrons. The summed E-state index contributed by atoms with van der Waals surface area (Å²) in [6, 6.07) is 11.4. The number of pyridine rings is 1. The van der Waals surface area contributed by atoms with Crippen LogP contribution in [0, 0.1) is 5.92 Å². The maximum atomic E-state index is 13.1. The monoisotopic (exact) mass is 449 g/mol. The Kier molecular flexibility index (Phi) is 4.10. The predicted molar refractivity (Wildman–Crippen MR) is 123 cm³/mol. The molecule has 6 nitrogen and oxygen atoms in total. The van der Waals surface area contributed by atoms with Crippen LogP contribution >= 0.6 is 11.3 Å². The number of benzene rings is 2. The van der Waals surface area contributed by atoms with E-state index in [0.29, 0.717) is 23.8 Å². The Hall–Kier alpha value is -2.97. The van der Waals surface area contributed by atoms with Gasteiger partial charge >= 0.3 is 0 Å². The van der Waals surface area contributed by atoms with Gasteiger partial charge in [-0.05, 0) is 62.1 Å². The van der Waals surface area contributed by atoms with Crippen LogP contribution in [0.4, 0.5) is 11.4 Å². The molecule has 2 aromatic carbocycles. The van der Waals surface area contributed by atoms with Gasteiger partial charge in [-0.2, -0.15) is 0 Å². The summed E-state index contributed by atoms with van der Waals surface area (Å²) in [6.07, 6.45) is 4.02. The van der Waals surface area contributed by atoms with Gasteiger partial charge in [-0.15, -0.1) is 11.3 Å². The minimum Gasteiger partial charge on any atom is -0.492 e. The Labute approximate surface area is 183 Å². The van der Waals surface area contributed by atoms with E-state index in [2.05, 4.69) is 15.3 Å². The van der Waals surface area contributed by atoms with E-state index in [1.165, 1.54) is 0 Å². The molecule has 0 radical (unpaired) electrons. The lowest BCUT2D eigenvalue weighted by Crippen LogP contribution is -1.99. The lowest BCUT2D eigenvalue weighted by Gasteiger charge is -2.12. The standard InChI is InChI=1S/C23H19N3O3S2/c1-13-23(29-11-14-2-3-14)17-9-19-16(10-22(17)31(13,27)28)18(6-7-24-19)26-15-4-5-21-20(8-15)25-12-30-21/h4-10,12,14H,2-3,11H2,1H3,(H,24,26). The Morgan fingerprint density at radius 2 is 2.00 bits per heavy atom. The van der Waals surface area contributed by atoms with Crippen molar-refractivity contribution in [2.75, 3.05) is 11.9 Å². The van der Waals surface area contributed by atoms with Crippen molar-refractivity contribution in [3.63, 3.8) is 0 Å². The van der Waals surface area contributed by atoms with E-state index in [1.807, 2.05) is 35.8 Å². The van der Waals surface area contributed by atoms with Gasteiger partial charge in [0.15, 0.2) is 0 Å². The van der Waals surface area contributed by atoms with E-state index in [4.69, 9.17) is 4.74 Å². The van der Waals surface area contributed by atoms with E-state index in [-0.39, 0.29) is 9.80 Å². The Morgan fingerprint density at radius 1 is 1.13 bits per heavy atom. The van der Waals surface area contributed by atoms with Gasteiger partial charge < -0.3 is 10.1 Å². The van der Waals surface area contributed by atoms with Crippen LogP contribution in [-0.4, -0.2) is 25.0 Å². The van der Waals surface area contributed by atoms with Crippen LogP contribution in [0.5, 0.6) is 0 Å². The molecule has 31 heavy (non-hydrogen) atoms. The zero-order valence-electron chi connectivity index (χ0n) is 16.8. The van der Waals surface area contributed by atoms with Crippen molar-refractivity contribution < 1.29 is 13.2 Å². The van der Waals surface area contributed by atoms with Crippen LogP contribution in [0.3, 0.4) is 0 Å². The van der Waals surface area contributed by atoms with Crippen molar-refractivity contribution in [3.05, 3.63) is 58.6 Å². The first-order chi connectivity index (χ1) is 15.0. The van der Waals surface area contributed by atoms with Crippen molar-refractivity contribution >= 4 is 59.4 Å². The van der Waals surface area contributed by atoms with Crippen molar-refractivity contribution in [1.82, 2.24) is 9.97 Å². The van der Waals surface area contributed by atoms with Crippen molar-refractivity contribution in [3.8, 4) is 0 Å². The predicted octanol–water partition coefficient (Wildman–Crippen LogP) is 5.49. The minimum absolute atomic E-state index is 0.280. The number of hydrogen-bond donors (Lipinski definition) is 1. The van der Waals surface area contributed by atoms with Crippen LogP contribution in [0.1, 0.15) is 25.3 Å². The molecule has 4 aromatic rings. The molecule has 0 spiro atoms. The summed E-state index contributed by atoms with van der Waals surface area (Å²) in [4.78, 5) is 9.43. The number of sulfone groups is 1. The molecule has 1 N–H and O–H groups in total. The fourth-order valence-corrected chi connectivity index (χ4v) is 6.03. The third kappa shape index (κ3) is 3.09. The van der Waals surface area contributed by atoms with Gasteiger partial charge in [-0.3, -0.25) is 4.98 Å². The number of ether oxygens (including phenoxy) is 1. The Bertz CT molecular complexity index is 1500. The van der Waals surface area contributed by atoms with Gasteiger partial charge in [0.1, 0.15) is 5.76 Å². The zero-order chi connectivity index (χ0) is 21.2. The van der Waals surface area contributed by atoms with E-state index >= 15 is 0 Å². The molecule has 0 atom stereocenters. The number of rotatable bonds is 5. The fourth-order valence-electron chi connectivity index (χ4n) is 3.91. The number of anilines is 2. The van der Waals surface area contributed by atoms with Crippen LogP contribution < -0.4 is 5.32 Å². The third-order valence-corrected chi connectivity index (χ3v) is 8.59. The molecule has 0 unspecified atom stereocenters. The number of hydrogen-bond acceptors (Lipinski definition) is 7. The number of fused-ring (bicyclic) bond motifs is 3. The second-order valence-corrected chi connectivity index (χ2v) is 11.0. The first-order valence-electron chi connectivity index (χ1n) is 10.1. The smallest absolute Gasteiger partial charge is 0.206 e. The summed E-state index contributed by atoms with van der Waals surface area (Å²) in [7, 11) is -3.57. The highest BCUT2D eigenvalue weighted by Crippen LogP contribution is 2.43. The van der Waals surface area contributed by atoms with Gasteiger partial charge in [0.2, 0.25) is 9.84 Å². The molecule has 1 saturated carbocycles. The lowest BCUT2D eigenvalue weighted by atomic mass is 10.1. The molecule has 1 aliphatic carbocycles. The highest BCUT2D eigenvalue weighted by atomic mass is 32.2. The number of nitrogens with zero attached hydrogens (tertiary/aromatic N) is 2. The topological polar surface area (TPSA) is 81.2 Å². The Balaban J connectivity index is 1.44. The van der Waals surface area contributed by atoms with Crippen molar-refractivity contribution in [2.45, 2.75) is 24.7 Å². The number of nitrogens with one attached hydrogen (secondary N) is 1. The zero-order valence-corrected chi connectivity index (χ0v) is 18.4. The molecular weight excluding hydrogens is 430 g/mol. The van der Waals surface area contributed by atoms with Gasteiger partial charge in [-0.1, -0.05) is 0 Å². The average Bonchev–Trinajstić information content (AvgIpc) is 3.43. The molecule has 0 bridgehead atoms. The summed E-state index contributed by atoms with van der Waals surface area (Å²) < 4.78 is 33.3. The highest BCUT2D eigenvalue weighted by Gasteiger charge is 2.36. The molecule has 1 aliphatic heterocycles. The quantitative estimate of drug-likeness (QED) is 0.434. The van der Waals surface area contributed by atoms with Crippen LogP contribution in [0.15, 0.2) is 57.9 Å². The van der Waals surface area contributed by atoms with E-state index in [1.54, 1.807) is 30.5 Å². The number of aromatic nitrogens is 2. The maximum absolute atomic E-state index is 13.1. The maximum Gasteiger partial charge on any atom is 0.206 e. The van der Waals surface area contributed by atoms with E-state index < -0.39 is 9.84 Å². The van der Waals surface area contributed by atoms with Gasteiger partial charge in [0.05, 0.1) is 37.7 Å². The van der Waals surface area contributed by atoms with Crippen molar-refractivity contribution in [2.24, 2.45) is 5.92 Å². The third-order valence-electron chi connectivity index (χ3n) is 5.87. The molecule has 0 saturated heterocycles. The molecule has 2 aromatic heterocycles. The first-order valence-corrected chi connectivity index (χ1v) is 12.5. The average molecular weight is 450 g/mol. The summed E-state index contributed by atoms with van der Waals surface area (Å²) in [6.45, 7) is 2.19. The molecule has 2 aliphatic rings. The van der Waals surface area contributed by atoms with Crippen LogP contribution in [0.25, 0.3) is 26.9 Å². The second-order valence-electron chi connectivity index (χ2n) is 8.03. The fraction of sp³-hybridized carbons (Fsp3) is 0.217. The molecule has 3 heterocycles. The van der Waals surface area contributed by atoms with Crippen LogP contribution in [-0.2, 0) is 14.6 Å². The van der Waals surface area contributed by atoms with Gasteiger partial charge in [0, 0.05) is 28.5 Å². The molecule has 1 fully saturated rings. The normalized spacial score (nSPS) is 17.3. The van der Waals surface area contributed by atoms with Crippen molar-refractivity contribution in [1.29, 1.82) is 0 Å². The molecule has 8 heteroatoms. The largest absolute Gasteiger partial charge is 0.492 e. The highest BCUT2D eigenvalue weighted by molar-refractivity contribution is 7.95. The van der Waals surface area contributed by atoms with E-state index in [0.717, 1.165) is 45.3 Å². The Morgan fingerprint density at radius 3 is 2.84 bits per heavy atom. The molecule has 0 amide bonds. The SMILES string of the molecule is CC1=C(OCC2CC2)c2cc3nccc(Nc4ccc5scnc5c4)c3cc2S1(=O)=O. The van der Waals surface area contributed by atoms with Gasteiger partial charge in [-0.25, -0.2) is 13.4 Å². The minimum atomic E-state index is -3.57. The first kappa shape index (κ1) is 18.8. The number of allylic oxidation sites excluding steroid dienone is 1.